The summed E-state index contributed by atoms with van der Waals surface area (Å²) in [6.45, 7) is 1.68. The molecule has 0 aliphatic rings. The third kappa shape index (κ3) is 4.47. The highest BCUT2D eigenvalue weighted by Crippen LogP contribution is 2.21. The summed E-state index contributed by atoms with van der Waals surface area (Å²) in [5.74, 6) is -1.000. The van der Waals surface area contributed by atoms with Gasteiger partial charge in [0, 0.05) is 23.0 Å². The maximum absolute atomic E-state index is 13.0. The predicted molar refractivity (Wildman–Crippen MR) is 104 cm³/mol. The fourth-order valence-electron chi connectivity index (χ4n) is 2.53. The summed E-state index contributed by atoms with van der Waals surface area (Å²) in [7, 11) is -3.97. The molecule has 8 heteroatoms. The summed E-state index contributed by atoms with van der Waals surface area (Å²) in [6, 6.07) is 15.1. The SMILES string of the molecule is Cc1ccc(S(=O)(=O)Nc2ccc(F)cc2)cc1C(=O)Nc1cccc(O)c1. The molecule has 0 radical (unpaired) electrons. The normalized spacial score (nSPS) is 11.1. The van der Waals surface area contributed by atoms with Gasteiger partial charge >= 0.3 is 0 Å². The maximum atomic E-state index is 13.0. The highest BCUT2D eigenvalue weighted by atomic mass is 32.2. The summed E-state index contributed by atoms with van der Waals surface area (Å²) in [4.78, 5) is 12.5. The van der Waals surface area contributed by atoms with Crippen molar-refractivity contribution in [3.05, 3.63) is 83.7 Å². The molecule has 0 aromatic heterocycles. The third-order valence-corrected chi connectivity index (χ3v) is 5.34. The van der Waals surface area contributed by atoms with Crippen molar-refractivity contribution in [2.75, 3.05) is 10.0 Å². The van der Waals surface area contributed by atoms with Gasteiger partial charge in [-0.1, -0.05) is 12.1 Å². The first-order valence-electron chi connectivity index (χ1n) is 8.24. The van der Waals surface area contributed by atoms with Crippen molar-refractivity contribution in [1.82, 2.24) is 0 Å². The number of sulfonamides is 1. The van der Waals surface area contributed by atoms with Crippen LogP contribution in [0.1, 0.15) is 15.9 Å². The van der Waals surface area contributed by atoms with Gasteiger partial charge in [0.25, 0.3) is 15.9 Å². The molecule has 6 nitrogen and oxygen atoms in total. The second-order valence-electron chi connectivity index (χ2n) is 6.09. The number of phenols is 1. The minimum absolute atomic E-state index is 0.00523. The van der Waals surface area contributed by atoms with Crippen LogP contribution >= 0.6 is 0 Å². The van der Waals surface area contributed by atoms with Crippen LogP contribution in [0, 0.1) is 12.7 Å². The fourth-order valence-corrected chi connectivity index (χ4v) is 3.61. The van der Waals surface area contributed by atoms with Crippen LogP contribution in [0.3, 0.4) is 0 Å². The fraction of sp³-hybridized carbons (Fsp3) is 0.0500. The Morgan fingerprint density at radius 3 is 2.36 bits per heavy atom. The smallest absolute Gasteiger partial charge is 0.261 e. The van der Waals surface area contributed by atoms with E-state index in [4.69, 9.17) is 0 Å². The quantitative estimate of drug-likeness (QED) is 0.605. The average molecular weight is 400 g/mol. The zero-order chi connectivity index (χ0) is 20.3. The highest BCUT2D eigenvalue weighted by molar-refractivity contribution is 7.92. The van der Waals surface area contributed by atoms with Crippen LogP contribution in [0.2, 0.25) is 0 Å². The lowest BCUT2D eigenvalue weighted by molar-refractivity contribution is 0.102. The number of nitrogens with one attached hydrogen (secondary N) is 2. The van der Waals surface area contributed by atoms with E-state index in [1.165, 1.54) is 42.5 Å². The van der Waals surface area contributed by atoms with E-state index < -0.39 is 21.7 Å². The molecule has 0 heterocycles. The summed E-state index contributed by atoms with van der Waals surface area (Å²) < 4.78 is 40.6. The molecular formula is C20H17FN2O4S. The van der Waals surface area contributed by atoms with E-state index in [1.807, 2.05) is 0 Å². The molecule has 0 unspecified atom stereocenters. The Kier molecular flexibility index (Phi) is 5.32. The zero-order valence-corrected chi connectivity index (χ0v) is 15.6. The van der Waals surface area contributed by atoms with E-state index in [1.54, 1.807) is 19.1 Å². The van der Waals surface area contributed by atoms with Crippen LogP contribution in [0.4, 0.5) is 15.8 Å². The Morgan fingerprint density at radius 2 is 1.68 bits per heavy atom. The number of aromatic hydroxyl groups is 1. The Bertz CT molecular complexity index is 1130. The number of aryl methyl sites for hydroxylation is 1. The van der Waals surface area contributed by atoms with E-state index in [2.05, 4.69) is 10.0 Å². The lowest BCUT2D eigenvalue weighted by Crippen LogP contribution is -2.17. The van der Waals surface area contributed by atoms with Crippen molar-refractivity contribution in [3.8, 4) is 5.75 Å². The third-order valence-electron chi connectivity index (χ3n) is 3.96. The lowest BCUT2D eigenvalue weighted by Gasteiger charge is -2.12. The van der Waals surface area contributed by atoms with Gasteiger partial charge in [-0.25, -0.2) is 12.8 Å². The molecule has 144 valence electrons. The first-order chi connectivity index (χ1) is 13.2. The number of anilines is 2. The van der Waals surface area contributed by atoms with Gasteiger partial charge in [0.1, 0.15) is 11.6 Å². The number of hydrogen-bond donors (Lipinski definition) is 3. The van der Waals surface area contributed by atoms with E-state index in [-0.39, 0.29) is 21.9 Å². The molecule has 3 aromatic rings. The van der Waals surface area contributed by atoms with Crippen molar-refractivity contribution in [1.29, 1.82) is 0 Å². The van der Waals surface area contributed by atoms with E-state index >= 15 is 0 Å². The molecule has 0 saturated carbocycles. The molecule has 0 bridgehead atoms. The molecular weight excluding hydrogens is 383 g/mol. The number of halogens is 1. The molecule has 28 heavy (non-hydrogen) atoms. The maximum Gasteiger partial charge on any atom is 0.261 e. The van der Waals surface area contributed by atoms with Crippen molar-refractivity contribution in [3.63, 3.8) is 0 Å². The number of benzene rings is 3. The molecule has 0 fully saturated rings. The minimum atomic E-state index is -3.97. The van der Waals surface area contributed by atoms with Crippen molar-refractivity contribution >= 4 is 27.3 Å². The van der Waals surface area contributed by atoms with Gasteiger partial charge in [-0.2, -0.15) is 0 Å². The first kappa shape index (κ1) is 19.4. The van der Waals surface area contributed by atoms with Crippen LogP contribution in [0.15, 0.2) is 71.6 Å². The van der Waals surface area contributed by atoms with E-state index in [9.17, 15) is 22.7 Å². The van der Waals surface area contributed by atoms with Gasteiger partial charge in [0.2, 0.25) is 0 Å². The molecule has 3 N–H and O–H groups in total. The highest BCUT2D eigenvalue weighted by Gasteiger charge is 2.18. The molecule has 1 amide bonds. The minimum Gasteiger partial charge on any atom is -0.508 e. The molecule has 0 aliphatic carbocycles. The number of phenolic OH excluding ortho intramolecular Hbond substituents is 1. The van der Waals surface area contributed by atoms with Crippen LogP contribution < -0.4 is 10.0 Å². The average Bonchev–Trinajstić information content (AvgIpc) is 2.63. The first-order valence-corrected chi connectivity index (χ1v) is 9.72. The predicted octanol–water partition coefficient (Wildman–Crippen LogP) is 3.89. The Balaban J connectivity index is 1.87. The number of carbonyl (C=O) groups excluding carboxylic acids is 1. The number of rotatable bonds is 5. The standard InChI is InChI=1S/C20H17FN2O4S/c1-13-5-10-18(28(26,27)23-15-8-6-14(21)7-9-15)12-19(13)20(25)22-16-3-2-4-17(24)11-16/h2-12,23-24H,1H3,(H,22,25). The van der Waals surface area contributed by atoms with Crippen LogP contribution in [0.5, 0.6) is 5.75 Å². The lowest BCUT2D eigenvalue weighted by atomic mass is 10.1. The van der Waals surface area contributed by atoms with Gasteiger partial charge in [-0.05, 0) is 61.0 Å². The molecule has 0 saturated heterocycles. The Hall–Kier alpha value is -3.39. The van der Waals surface area contributed by atoms with Gasteiger partial charge in [0.15, 0.2) is 0 Å². The molecule has 0 atom stereocenters. The molecule has 0 aliphatic heterocycles. The molecule has 0 spiro atoms. The largest absolute Gasteiger partial charge is 0.508 e. The molecule has 3 rings (SSSR count). The summed E-state index contributed by atoms with van der Waals surface area (Å²) in [5.41, 5.74) is 1.33. The topological polar surface area (TPSA) is 95.5 Å². The van der Waals surface area contributed by atoms with Crippen LogP contribution in [0.25, 0.3) is 0 Å². The summed E-state index contributed by atoms with van der Waals surface area (Å²) >= 11 is 0. The van der Waals surface area contributed by atoms with Crippen LogP contribution in [-0.2, 0) is 10.0 Å². The van der Waals surface area contributed by atoms with Crippen molar-refractivity contribution in [2.45, 2.75) is 11.8 Å². The number of amides is 1. The van der Waals surface area contributed by atoms with Gasteiger partial charge in [-0.3, -0.25) is 9.52 Å². The summed E-state index contributed by atoms with van der Waals surface area (Å²) in [5, 5.41) is 12.1. The van der Waals surface area contributed by atoms with Gasteiger partial charge < -0.3 is 10.4 Å². The monoisotopic (exact) mass is 400 g/mol. The second kappa shape index (κ2) is 7.69. The number of carbonyl (C=O) groups is 1. The van der Waals surface area contributed by atoms with E-state index in [0.717, 1.165) is 12.1 Å². The molecule has 3 aromatic carbocycles. The number of hydrogen-bond acceptors (Lipinski definition) is 4. The van der Waals surface area contributed by atoms with Gasteiger partial charge in [-0.15, -0.1) is 0 Å². The Morgan fingerprint density at radius 1 is 0.964 bits per heavy atom. The second-order valence-corrected chi connectivity index (χ2v) is 7.78. The van der Waals surface area contributed by atoms with Crippen molar-refractivity contribution < 1.29 is 22.7 Å². The Labute approximate surface area is 161 Å². The van der Waals surface area contributed by atoms with Crippen LogP contribution in [-0.4, -0.2) is 19.4 Å². The van der Waals surface area contributed by atoms with Gasteiger partial charge in [0.05, 0.1) is 4.90 Å². The van der Waals surface area contributed by atoms with E-state index in [0.29, 0.717) is 11.3 Å². The van der Waals surface area contributed by atoms with Crippen molar-refractivity contribution in [2.24, 2.45) is 0 Å². The zero-order valence-electron chi connectivity index (χ0n) is 14.8. The summed E-state index contributed by atoms with van der Waals surface area (Å²) in [6.07, 6.45) is 0.